The minimum Gasteiger partial charge on any atom is -0.267 e. The van der Waals surface area contributed by atoms with Crippen LogP contribution in [0.4, 0.5) is 4.39 Å². The lowest BCUT2D eigenvalue weighted by atomic mass is 10.1. The molecule has 0 saturated carbocycles. The molecule has 0 atom stereocenters. The van der Waals surface area contributed by atoms with Crippen LogP contribution in [0.15, 0.2) is 30.6 Å². The zero-order valence-corrected chi connectivity index (χ0v) is 10.7. The van der Waals surface area contributed by atoms with Gasteiger partial charge in [-0.15, -0.1) is 0 Å². The predicted octanol–water partition coefficient (Wildman–Crippen LogP) is 3.75. The Morgan fingerprint density at radius 3 is 2.41 bits per heavy atom. The van der Waals surface area contributed by atoms with Crippen LogP contribution in [0.3, 0.4) is 0 Å². The van der Waals surface area contributed by atoms with Crippen molar-refractivity contribution in [2.24, 2.45) is 0 Å². The highest BCUT2D eigenvalue weighted by Crippen LogP contribution is 2.23. The second kappa shape index (κ2) is 3.99. The molecular formula is C14H17FN2. The molecule has 0 saturated heterocycles. The third kappa shape index (κ3) is 2.38. The maximum Gasteiger partial charge on any atom is 0.126 e. The summed E-state index contributed by atoms with van der Waals surface area (Å²) in [6.07, 6.45) is 3.72. The van der Waals surface area contributed by atoms with E-state index in [0.29, 0.717) is 5.56 Å². The molecule has 0 N–H and O–H groups in total. The first-order chi connectivity index (χ1) is 7.88. The van der Waals surface area contributed by atoms with E-state index in [4.69, 9.17) is 0 Å². The molecule has 2 aromatic rings. The summed E-state index contributed by atoms with van der Waals surface area (Å²) in [5.41, 5.74) is 2.42. The summed E-state index contributed by atoms with van der Waals surface area (Å²) in [5, 5.41) is 4.31. The molecule has 0 aliphatic rings. The number of hydrogen-bond donors (Lipinski definition) is 0. The van der Waals surface area contributed by atoms with E-state index in [2.05, 4.69) is 25.9 Å². The van der Waals surface area contributed by atoms with Crippen LogP contribution in [-0.4, -0.2) is 9.78 Å². The SMILES string of the molecule is Cc1ccc(-c2cnn(C(C)(C)C)c2)cc1F. The van der Waals surface area contributed by atoms with Crippen molar-refractivity contribution in [3.63, 3.8) is 0 Å². The van der Waals surface area contributed by atoms with Gasteiger partial charge in [0.2, 0.25) is 0 Å². The highest BCUT2D eigenvalue weighted by atomic mass is 19.1. The van der Waals surface area contributed by atoms with E-state index < -0.39 is 0 Å². The maximum atomic E-state index is 13.5. The van der Waals surface area contributed by atoms with Gasteiger partial charge in [-0.3, -0.25) is 4.68 Å². The lowest BCUT2D eigenvalue weighted by molar-refractivity contribution is 0.355. The number of aromatic nitrogens is 2. The number of halogens is 1. The van der Waals surface area contributed by atoms with Gasteiger partial charge in [-0.2, -0.15) is 5.10 Å². The molecule has 0 spiro atoms. The molecular weight excluding hydrogens is 215 g/mol. The van der Waals surface area contributed by atoms with Crippen LogP contribution in [0.1, 0.15) is 26.3 Å². The minimum absolute atomic E-state index is 0.0541. The topological polar surface area (TPSA) is 17.8 Å². The van der Waals surface area contributed by atoms with Gasteiger partial charge in [-0.1, -0.05) is 12.1 Å². The molecule has 90 valence electrons. The third-order valence-corrected chi connectivity index (χ3v) is 2.78. The van der Waals surface area contributed by atoms with Gasteiger partial charge >= 0.3 is 0 Å². The summed E-state index contributed by atoms with van der Waals surface area (Å²) in [5.74, 6) is -0.175. The molecule has 2 rings (SSSR count). The normalized spacial score (nSPS) is 11.8. The van der Waals surface area contributed by atoms with E-state index in [1.54, 1.807) is 25.3 Å². The molecule has 0 fully saturated rings. The first kappa shape index (κ1) is 11.8. The van der Waals surface area contributed by atoms with Crippen LogP contribution in [0.25, 0.3) is 11.1 Å². The fourth-order valence-corrected chi connectivity index (χ4v) is 1.61. The molecule has 0 amide bonds. The number of rotatable bonds is 1. The smallest absolute Gasteiger partial charge is 0.126 e. The molecule has 0 radical (unpaired) electrons. The van der Waals surface area contributed by atoms with E-state index in [1.807, 2.05) is 16.9 Å². The van der Waals surface area contributed by atoms with E-state index >= 15 is 0 Å². The lowest BCUT2D eigenvalue weighted by Crippen LogP contribution is -2.21. The first-order valence-electron chi connectivity index (χ1n) is 5.69. The molecule has 3 heteroatoms. The van der Waals surface area contributed by atoms with Crippen molar-refractivity contribution >= 4 is 0 Å². The van der Waals surface area contributed by atoms with Crippen LogP contribution < -0.4 is 0 Å². The Labute approximate surface area is 101 Å². The van der Waals surface area contributed by atoms with Crippen molar-refractivity contribution in [3.8, 4) is 11.1 Å². The van der Waals surface area contributed by atoms with Gasteiger partial charge in [0.1, 0.15) is 5.82 Å². The van der Waals surface area contributed by atoms with Crippen molar-refractivity contribution in [3.05, 3.63) is 42.0 Å². The first-order valence-corrected chi connectivity index (χ1v) is 5.69. The van der Waals surface area contributed by atoms with Gasteiger partial charge in [0.25, 0.3) is 0 Å². The summed E-state index contributed by atoms with van der Waals surface area (Å²) in [6.45, 7) is 8.01. The van der Waals surface area contributed by atoms with E-state index in [1.165, 1.54) is 0 Å². The number of nitrogens with zero attached hydrogens (tertiary/aromatic N) is 2. The standard InChI is InChI=1S/C14H17FN2/c1-10-5-6-11(7-13(10)15)12-8-16-17(9-12)14(2,3)4/h5-9H,1-4H3. The van der Waals surface area contributed by atoms with Gasteiger partial charge < -0.3 is 0 Å². The Bertz CT molecular complexity index is 535. The van der Waals surface area contributed by atoms with Crippen LogP contribution in [0.5, 0.6) is 0 Å². The van der Waals surface area contributed by atoms with Crippen LogP contribution in [-0.2, 0) is 5.54 Å². The fraction of sp³-hybridized carbons (Fsp3) is 0.357. The van der Waals surface area contributed by atoms with Crippen molar-refractivity contribution in [2.45, 2.75) is 33.2 Å². The summed E-state index contributed by atoms with van der Waals surface area (Å²) < 4.78 is 15.4. The van der Waals surface area contributed by atoms with Crippen molar-refractivity contribution in [2.75, 3.05) is 0 Å². The number of benzene rings is 1. The largest absolute Gasteiger partial charge is 0.267 e. The molecule has 0 aliphatic heterocycles. The second-order valence-corrected chi connectivity index (χ2v) is 5.31. The van der Waals surface area contributed by atoms with Gasteiger partial charge in [0.05, 0.1) is 11.7 Å². The average molecular weight is 232 g/mol. The van der Waals surface area contributed by atoms with Crippen molar-refractivity contribution < 1.29 is 4.39 Å². The summed E-state index contributed by atoms with van der Waals surface area (Å²) in [7, 11) is 0. The quantitative estimate of drug-likeness (QED) is 0.732. The minimum atomic E-state index is -0.175. The monoisotopic (exact) mass is 232 g/mol. The van der Waals surface area contributed by atoms with Gasteiger partial charge in [0.15, 0.2) is 0 Å². The predicted molar refractivity (Wildman–Crippen MR) is 67.4 cm³/mol. The zero-order chi connectivity index (χ0) is 12.6. The van der Waals surface area contributed by atoms with Gasteiger partial charge in [0, 0.05) is 11.8 Å². The Morgan fingerprint density at radius 1 is 1.18 bits per heavy atom. The molecule has 1 heterocycles. The highest BCUT2D eigenvalue weighted by molar-refractivity contribution is 5.62. The Hall–Kier alpha value is -1.64. The number of hydrogen-bond acceptors (Lipinski definition) is 1. The van der Waals surface area contributed by atoms with Crippen LogP contribution >= 0.6 is 0 Å². The Balaban J connectivity index is 2.40. The molecule has 17 heavy (non-hydrogen) atoms. The molecule has 0 bridgehead atoms. The molecule has 0 aliphatic carbocycles. The highest BCUT2D eigenvalue weighted by Gasteiger charge is 2.14. The molecule has 1 aromatic carbocycles. The third-order valence-electron chi connectivity index (χ3n) is 2.78. The van der Waals surface area contributed by atoms with E-state index in [-0.39, 0.29) is 11.4 Å². The molecule has 1 aromatic heterocycles. The van der Waals surface area contributed by atoms with Gasteiger partial charge in [-0.25, -0.2) is 4.39 Å². The molecule has 0 unspecified atom stereocenters. The maximum absolute atomic E-state index is 13.5. The summed E-state index contributed by atoms with van der Waals surface area (Å²) >= 11 is 0. The van der Waals surface area contributed by atoms with Crippen LogP contribution in [0.2, 0.25) is 0 Å². The van der Waals surface area contributed by atoms with Gasteiger partial charge in [-0.05, 0) is 44.9 Å². The molecule has 2 nitrogen and oxygen atoms in total. The van der Waals surface area contributed by atoms with E-state index in [0.717, 1.165) is 11.1 Å². The second-order valence-electron chi connectivity index (χ2n) is 5.31. The summed E-state index contributed by atoms with van der Waals surface area (Å²) in [6, 6.07) is 5.26. The fourth-order valence-electron chi connectivity index (χ4n) is 1.61. The van der Waals surface area contributed by atoms with Crippen molar-refractivity contribution in [1.82, 2.24) is 9.78 Å². The lowest BCUT2D eigenvalue weighted by Gasteiger charge is -2.18. The number of aryl methyl sites for hydroxylation is 1. The van der Waals surface area contributed by atoms with E-state index in [9.17, 15) is 4.39 Å². The zero-order valence-electron chi connectivity index (χ0n) is 10.7. The van der Waals surface area contributed by atoms with Crippen molar-refractivity contribution in [1.29, 1.82) is 0 Å². The Kier molecular flexibility index (Phi) is 2.77. The average Bonchev–Trinajstić information content (AvgIpc) is 2.70. The summed E-state index contributed by atoms with van der Waals surface area (Å²) in [4.78, 5) is 0. The van der Waals surface area contributed by atoms with Crippen LogP contribution in [0, 0.1) is 12.7 Å². The Morgan fingerprint density at radius 2 is 1.88 bits per heavy atom.